The lowest BCUT2D eigenvalue weighted by molar-refractivity contribution is 0.0492. The van der Waals surface area contributed by atoms with Gasteiger partial charge in [0.05, 0.1) is 16.8 Å². The van der Waals surface area contributed by atoms with Crippen LogP contribution in [0, 0.1) is 17.2 Å². The van der Waals surface area contributed by atoms with E-state index in [2.05, 4.69) is 27.8 Å². The molecule has 2 saturated carbocycles. The van der Waals surface area contributed by atoms with Gasteiger partial charge < -0.3 is 15.4 Å². The molecule has 5 rings (SSSR count). The van der Waals surface area contributed by atoms with Crippen LogP contribution in [0.5, 0.6) is 0 Å². The normalized spacial score (nSPS) is 19.7. The highest BCUT2D eigenvalue weighted by atomic mass is 32.1. The first-order valence-corrected chi connectivity index (χ1v) is 13.7. The largest absolute Gasteiger partial charge is 0.444 e. The molecule has 8 heteroatoms. The summed E-state index contributed by atoms with van der Waals surface area (Å²) in [6, 6.07) is 12.3. The molecule has 2 N–H and O–H groups in total. The molecular formula is C29H32N4O3S. The molecule has 2 aliphatic carbocycles. The highest BCUT2D eigenvalue weighted by molar-refractivity contribution is 7.16. The Balaban J connectivity index is 1.39. The van der Waals surface area contributed by atoms with Crippen molar-refractivity contribution in [3.63, 3.8) is 0 Å². The molecule has 192 valence electrons. The molecule has 0 saturated heterocycles. The van der Waals surface area contributed by atoms with Gasteiger partial charge in [-0.25, -0.2) is 4.79 Å². The zero-order valence-corrected chi connectivity index (χ0v) is 22.3. The number of Topliss-reactive ketones (excluding diaryl/α,β-unsaturated/α-hetero) is 1. The van der Waals surface area contributed by atoms with E-state index in [1.54, 1.807) is 6.20 Å². The number of hydrogen-bond donors (Lipinski definition) is 2. The first kappa shape index (κ1) is 25.2. The second-order valence-electron chi connectivity index (χ2n) is 11.0. The third-order valence-corrected chi connectivity index (χ3v) is 7.92. The topological polar surface area (TPSA) is 104 Å². The van der Waals surface area contributed by atoms with E-state index in [9.17, 15) is 14.9 Å². The predicted octanol–water partition coefficient (Wildman–Crippen LogP) is 6.68. The molecule has 0 unspecified atom stereocenters. The van der Waals surface area contributed by atoms with Gasteiger partial charge in [-0.05, 0) is 89.1 Å². The fraction of sp³-hybridized carbons (Fsp3) is 0.448. The van der Waals surface area contributed by atoms with Crippen LogP contribution in [0.4, 0.5) is 10.5 Å². The number of amides is 1. The van der Waals surface area contributed by atoms with Crippen molar-refractivity contribution in [2.45, 2.75) is 77.0 Å². The highest BCUT2D eigenvalue weighted by Crippen LogP contribution is 2.39. The molecule has 7 nitrogen and oxygen atoms in total. The second-order valence-corrected chi connectivity index (χ2v) is 12.1. The Morgan fingerprint density at radius 3 is 2.43 bits per heavy atom. The Morgan fingerprint density at radius 2 is 1.78 bits per heavy atom. The smallest absolute Gasteiger partial charge is 0.407 e. The van der Waals surface area contributed by atoms with E-state index in [0.717, 1.165) is 65.6 Å². The predicted molar refractivity (Wildman–Crippen MR) is 146 cm³/mol. The number of rotatable bonds is 6. The summed E-state index contributed by atoms with van der Waals surface area (Å²) < 4.78 is 5.41. The Bertz CT molecular complexity index is 1370. The average Bonchev–Trinajstić information content (AvgIpc) is 3.60. The zero-order chi connectivity index (χ0) is 26.2. The number of nitrogens with zero attached hydrogens (tertiary/aromatic N) is 2. The van der Waals surface area contributed by atoms with Crippen molar-refractivity contribution in [1.82, 2.24) is 10.3 Å². The molecule has 37 heavy (non-hydrogen) atoms. The van der Waals surface area contributed by atoms with Gasteiger partial charge in [-0.2, -0.15) is 5.26 Å². The van der Waals surface area contributed by atoms with Crippen molar-refractivity contribution in [2.24, 2.45) is 5.92 Å². The van der Waals surface area contributed by atoms with Gasteiger partial charge in [-0.15, -0.1) is 11.3 Å². The van der Waals surface area contributed by atoms with E-state index in [1.807, 2.05) is 45.0 Å². The number of carbonyl (C=O) groups excluding carboxylic acids is 2. The van der Waals surface area contributed by atoms with E-state index in [-0.39, 0.29) is 29.9 Å². The Morgan fingerprint density at radius 1 is 1.05 bits per heavy atom. The van der Waals surface area contributed by atoms with Crippen molar-refractivity contribution in [3.05, 3.63) is 47.0 Å². The van der Waals surface area contributed by atoms with Gasteiger partial charge in [0.1, 0.15) is 16.5 Å². The van der Waals surface area contributed by atoms with Crippen molar-refractivity contribution in [1.29, 1.82) is 5.26 Å². The minimum atomic E-state index is -0.520. The number of thiophene rings is 1. The summed E-state index contributed by atoms with van der Waals surface area (Å²) >= 11 is 1.46. The number of carbonyl (C=O) groups is 2. The van der Waals surface area contributed by atoms with Gasteiger partial charge in [0.2, 0.25) is 0 Å². The first-order chi connectivity index (χ1) is 17.7. The maximum Gasteiger partial charge on any atom is 0.407 e. The lowest BCUT2D eigenvalue weighted by Crippen LogP contribution is -2.42. The van der Waals surface area contributed by atoms with E-state index in [4.69, 9.17) is 4.74 Å². The second kappa shape index (κ2) is 10.1. The van der Waals surface area contributed by atoms with Gasteiger partial charge in [-0.3, -0.25) is 9.78 Å². The van der Waals surface area contributed by atoms with Crippen LogP contribution in [-0.2, 0) is 4.74 Å². The molecule has 1 amide bonds. The standard InChI is InChI=1S/C29H32N4O3S/c1-29(2,3)36-28(35)33-20-9-7-19(8-10-20)32-26-22-14-18(25-13-11-21(15-30)37-25)6-12-24(22)31-16-23(26)27(34)17-4-5-17/h6,11-14,16-17,19-20H,4-5,7-10H2,1-3H3,(H,31,32)(H,33,35). The van der Waals surface area contributed by atoms with Crippen LogP contribution in [0.3, 0.4) is 0 Å². The summed E-state index contributed by atoms with van der Waals surface area (Å²) in [4.78, 5) is 31.7. The minimum absolute atomic E-state index is 0.0782. The van der Waals surface area contributed by atoms with Gasteiger partial charge in [0, 0.05) is 34.5 Å². The third-order valence-electron chi connectivity index (χ3n) is 6.88. The van der Waals surface area contributed by atoms with Crippen LogP contribution in [0.1, 0.15) is 74.5 Å². The van der Waals surface area contributed by atoms with E-state index < -0.39 is 5.60 Å². The quantitative estimate of drug-likeness (QED) is 0.354. The highest BCUT2D eigenvalue weighted by Gasteiger charge is 2.33. The van der Waals surface area contributed by atoms with Crippen LogP contribution >= 0.6 is 11.3 Å². The summed E-state index contributed by atoms with van der Waals surface area (Å²) in [7, 11) is 0. The number of anilines is 1. The first-order valence-electron chi connectivity index (χ1n) is 12.9. The molecule has 2 aliphatic rings. The van der Waals surface area contributed by atoms with Gasteiger partial charge in [-0.1, -0.05) is 6.07 Å². The molecule has 0 spiro atoms. The van der Waals surface area contributed by atoms with Crippen molar-refractivity contribution >= 4 is 39.8 Å². The molecule has 3 aromatic rings. The van der Waals surface area contributed by atoms with Crippen molar-refractivity contribution in [2.75, 3.05) is 5.32 Å². The number of benzene rings is 1. The average molecular weight is 517 g/mol. The zero-order valence-electron chi connectivity index (χ0n) is 21.5. The maximum absolute atomic E-state index is 13.2. The lowest BCUT2D eigenvalue weighted by Gasteiger charge is -2.31. The number of alkyl carbamates (subject to hydrolysis) is 1. The number of fused-ring (bicyclic) bond motifs is 1. The van der Waals surface area contributed by atoms with Crippen LogP contribution in [0.25, 0.3) is 21.3 Å². The van der Waals surface area contributed by atoms with Crippen LogP contribution in [-0.4, -0.2) is 34.5 Å². The molecular weight excluding hydrogens is 484 g/mol. The molecule has 2 aromatic heterocycles. The summed E-state index contributed by atoms with van der Waals surface area (Å²) in [5.41, 5.74) is 2.82. The molecule has 0 radical (unpaired) electrons. The Labute approximate surface area is 221 Å². The Kier molecular flexibility index (Phi) is 6.91. The monoisotopic (exact) mass is 516 g/mol. The number of aromatic nitrogens is 1. The number of nitriles is 1. The van der Waals surface area contributed by atoms with Gasteiger partial charge >= 0.3 is 6.09 Å². The van der Waals surface area contributed by atoms with Crippen LogP contribution < -0.4 is 10.6 Å². The molecule has 2 heterocycles. The third kappa shape index (κ3) is 5.94. The number of pyridine rings is 1. The summed E-state index contributed by atoms with van der Waals surface area (Å²) in [6.45, 7) is 5.58. The number of hydrogen-bond acceptors (Lipinski definition) is 7. The maximum atomic E-state index is 13.2. The molecule has 0 atom stereocenters. The van der Waals surface area contributed by atoms with Gasteiger partial charge in [0.15, 0.2) is 5.78 Å². The van der Waals surface area contributed by atoms with E-state index in [1.165, 1.54) is 11.3 Å². The van der Waals surface area contributed by atoms with Crippen LogP contribution in [0.2, 0.25) is 0 Å². The van der Waals surface area contributed by atoms with Crippen LogP contribution in [0.15, 0.2) is 36.5 Å². The SMILES string of the molecule is CC(C)(C)OC(=O)NC1CCC(Nc2c(C(=O)C3CC3)cnc3ccc(-c4ccc(C#N)s4)cc23)CC1. The number of ether oxygens (including phenoxy) is 1. The fourth-order valence-corrected chi connectivity index (χ4v) is 5.67. The Hall–Kier alpha value is -3.44. The molecule has 0 aliphatic heterocycles. The minimum Gasteiger partial charge on any atom is -0.444 e. The fourth-order valence-electron chi connectivity index (χ4n) is 4.87. The molecule has 1 aromatic carbocycles. The summed E-state index contributed by atoms with van der Waals surface area (Å²) in [6.07, 6.45) is 6.64. The number of nitrogens with one attached hydrogen (secondary N) is 2. The number of ketones is 1. The summed E-state index contributed by atoms with van der Waals surface area (Å²) in [5.74, 6) is 0.248. The summed E-state index contributed by atoms with van der Waals surface area (Å²) in [5, 5.41) is 16.9. The lowest BCUT2D eigenvalue weighted by atomic mass is 9.90. The van der Waals surface area contributed by atoms with Crippen molar-refractivity contribution in [3.8, 4) is 16.5 Å². The molecule has 0 bridgehead atoms. The van der Waals surface area contributed by atoms with Gasteiger partial charge in [0.25, 0.3) is 0 Å². The van der Waals surface area contributed by atoms with E-state index >= 15 is 0 Å². The van der Waals surface area contributed by atoms with E-state index in [0.29, 0.717) is 10.4 Å². The molecule has 2 fully saturated rings. The van der Waals surface area contributed by atoms with Crippen molar-refractivity contribution < 1.29 is 14.3 Å².